The number of pyridine rings is 1. The second-order valence-electron chi connectivity index (χ2n) is 8.54. The minimum Gasteiger partial charge on any atom is -0.495 e. The first kappa shape index (κ1) is 24.1. The smallest absolute Gasteiger partial charge is 0.392 e. The molecule has 3 aromatic rings. The van der Waals surface area contributed by atoms with Crippen molar-refractivity contribution in [1.82, 2.24) is 9.72 Å². The van der Waals surface area contributed by atoms with Gasteiger partial charge in [-0.25, -0.2) is 12.8 Å². The zero-order valence-electron chi connectivity index (χ0n) is 18.6. The second kappa shape index (κ2) is 8.50. The molecule has 1 aromatic carbocycles. The topological polar surface area (TPSA) is 103 Å². The zero-order valence-corrected chi connectivity index (χ0v) is 19.4. The third kappa shape index (κ3) is 4.27. The van der Waals surface area contributed by atoms with Gasteiger partial charge in [-0.3, -0.25) is 14.1 Å². The van der Waals surface area contributed by atoms with E-state index in [1.54, 1.807) is 0 Å². The Morgan fingerprint density at radius 1 is 1.19 bits per heavy atom. The fraction of sp³-hybridized carbons (Fsp3) is 0.304. The number of aromatic nitrogens is 2. The van der Waals surface area contributed by atoms with Gasteiger partial charge in [-0.1, -0.05) is 5.16 Å². The van der Waals surface area contributed by atoms with Crippen molar-refractivity contribution in [2.24, 2.45) is 11.8 Å². The maximum absolute atomic E-state index is 15.1. The van der Waals surface area contributed by atoms with E-state index in [4.69, 9.17) is 4.74 Å². The minimum absolute atomic E-state index is 0.00137. The van der Waals surface area contributed by atoms with Crippen molar-refractivity contribution in [3.05, 3.63) is 70.4 Å². The number of fused-ring (bicyclic) bond motifs is 1. The summed E-state index contributed by atoms with van der Waals surface area (Å²) in [6.07, 6.45) is -4.25. The number of nitrogens with one attached hydrogen (secondary N) is 1. The summed E-state index contributed by atoms with van der Waals surface area (Å²) in [6, 6.07) is 7.93. The van der Waals surface area contributed by atoms with Crippen LogP contribution in [0.4, 0.5) is 23.4 Å². The van der Waals surface area contributed by atoms with Gasteiger partial charge in [-0.05, 0) is 48.3 Å². The number of rotatable bonds is 6. The van der Waals surface area contributed by atoms with Gasteiger partial charge in [0.2, 0.25) is 0 Å². The van der Waals surface area contributed by atoms with Crippen molar-refractivity contribution in [2.75, 3.05) is 11.8 Å². The molecule has 36 heavy (non-hydrogen) atoms. The molecule has 0 spiro atoms. The van der Waals surface area contributed by atoms with E-state index in [9.17, 15) is 26.4 Å². The molecular formula is C23H19F4N3O5S. The molecule has 5 rings (SSSR count). The van der Waals surface area contributed by atoms with Crippen molar-refractivity contribution >= 4 is 32.4 Å². The number of hydrogen-bond donors (Lipinski definition) is 1. The van der Waals surface area contributed by atoms with Gasteiger partial charge in [-0.15, -0.1) is 0 Å². The Morgan fingerprint density at radius 2 is 1.97 bits per heavy atom. The number of alkyl halides is 4. The molecule has 2 aromatic heterocycles. The lowest BCUT2D eigenvalue weighted by atomic mass is 9.94. The average Bonchev–Trinajstić information content (AvgIpc) is 3.48. The van der Waals surface area contributed by atoms with E-state index in [0.29, 0.717) is 5.39 Å². The van der Waals surface area contributed by atoms with E-state index in [1.807, 2.05) is 0 Å². The van der Waals surface area contributed by atoms with E-state index < -0.39 is 39.8 Å². The van der Waals surface area contributed by atoms with Crippen LogP contribution >= 0.6 is 0 Å². The Hall–Kier alpha value is -3.61. The SMILES string of the molecule is COC1=C(n2c(=O)ccc3cc(S(=O)(=O)Nc4ccon4)ccc32)CC(F)C([C@@H]2C[C@H]2C(F)(F)F)=C1. The van der Waals surface area contributed by atoms with Gasteiger partial charge in [-0.2, -0.15) is 13.2 Å². The minimum atomic E-state index is -4.41. The van der Waals surface area contributed by atoms with Gasteiger partial charge >= 0.3 is 6.18 Å². The number of hydrogen-bond acceptors (Lipinski definition) is 6. The quantitative estimate of drug-likeness (QED) is 0.477. The van der Waals surface area contributed by atoms with Gasteiger partial charge in [0, 0.05) is 23.9 Å². The van der Waals surface area contributed by atoms with E-state index in [2.05, 4.69) is 14.4 Å². The van der Waals surface area contributed by atoms with E-state index >= 15 is 4.39 Å². The Balaban J connectivity index is 1.57. The number of allylic oxidation sites excluding steroid dienone is 3. The lowest BCUT2D eigenvalue weighted by Crippen LogP contribution is -2.25. The molecular weight excluding hydrogens is 506 g/mol. The summed E-state index contributed by atoms with van der Waals surface area (Å²) in [5.74, 6) is -2.49. The fourth-order valence-electron chi connectivity index (χ4n) is 4.49. The van der Waals surface area contributed by atoms with Crippen molar-refractivity contribution in [3.63, 3.8) is 0 Å². The molecule has 8 nitrogen and oxygen atoms in total. The summed E-state index contributed by atoms with van der Waals surface area (Å²) in [7, 11) is -2.75. The fourth-order valence-corrected chi connectivity index (χ4v) is 5.52. The molecule has 2 heterocycles. The summed E-state index contributed by atoms with van der Waals surface area (Å²) < 4.78 is 93.1. The van der Waals surface area contributed by atoms with Crippen molar-refractivity contribution in [1.29, 1.82) is 0 Å². The van der Waals surface area contributed by atoms with Crippen molar-refractivity contribution < 1.29 is 35.2 Å². The molecule has 0 saturated heterocycles. The van der Waals surface area contributed by atoms with Crippen LogP contribution in [0.1, 0.15) is 12.8 Å². The van der Waals surface area contributed by atoms with E-state index in [1.165, 1.54) is 60.4 Å². The monoisotopic (exact) mass is 525 g/mol. The first-order valence-electron chi connectivity index (χ1n) is 10.8. The van der Waals surface area contributed by atoms with Crippen LogP contribution in [0.25, 0.3) is 16.6 Å². The largest absolute Gasteiger partial charge is 0.495 e. The summed E-state index contributed by atoms with van der Waals surface area (Å²) in [5, 5.41) is 3.86. The van der Waals surface area contributed by atoms with Gasteiger partial charge in [0.05, 0.1) is 29.1 Å². The number of nitrogens with zero attached hydrogens (tertiary/aromatic N) is 2. The average molecular weight is 525 g/mol. The highest BCUT2D eigenvalue weighted by Gasteiger charge is 2.58. The molecule has 1 saturated carbocycles. The van der Waals surface area contributed by atoms with E-state index in [0.717, 1.165) is 0 Å². The molecule has 1 N–H and O–H groups in total. The predicted molar refractivity (Wildman–Crippen MR) is 121 cm³/mol. The predicted octanol–water partition coefficient (Wildman–Crippen LogP) is 4.47. The first-order chi connectivity index (χ1) is 17.0. The number of methoxy groups -OCH3 is 1. The third-order valence-electron chi connectivity index (χ3n) is 6.30. The van der Waals surface area contributed by atoms with Gasteiger partial charge < -0.3 is 9.26 Å². The number of sulfonamides is 1. The maximum atomic E-state index is 15.1. The normalized spacial score (nSPS) is 22.5. The Bertz CT molecular complexity index is 1560. The number of benzene rings is 1. The summed E-state index contributed by atoms with van der Waals surface area (Å²) in [5.41, 5.74) is -0.133. The highest BCUT2D eigenvalue weighted by molar-refractivity contribution is 7.92. The molecule has 0 aliphatic heterocycles. The molecule has 0 radical (unpaired) electrons. The molecule has 2 aliphatic carbocycles. The van der Waals surface area contributed by atoms with Crippen LogP contribution in [0.15, 0.2) is 74.3 Å². The Labute approximate surface area is 201 Å². The summed E-state index contributed by atoms with van der Waals surface area (Å²) >= 11 is 0. The first-order valence-corrected chi connectivity index (χ1v) is 12.3. The van der Waals surface area contributed by atoms with Crippen LogP contribution in [0.3, 0.4) is 0 Å². The van der Waals surface area contributed by atoms with Crippen LogP contribution in [-0.4, -0.2) is 37.6 Å². The standard InChI is InChI=1S/C23H19F4N3O5S/c1-34-20-10-15(14-9-16(14)23(25,26)27)17(24)11-19(20)30-18-4-3-13(8-12(18)2-5-22(30)31)36(32,33)29-21-6-7-35-28-21/h2-8,10,14,16-17H,9,11H2,1H3,(H,28,29)/t14-,16+,17?/m0/s1. The zero-order chi connectivity index (χ0) is 25.8. The Morgan fingerprint density at radius 3 is 2.61 bits per heavy atom. The third-order valence-corrected chi connectivity index (χ3v) is 7.65. The number of anilines is 1. The molecule has 13 heteroatoms. The lowest BCUT2D eigenvalue weighted by molar-refractivity contribution is -0.150. The molecule has 0 amide bonds. The van der Waals surface area contributed by atoms with E-state index in [-0.39, 0.29) is 46.1 Å². The molecule has 190 valence electrons. The highest BCUT2D eigenvalue weighted by Crippen LogP contribution is 2.56. The molecule has 1 unspecified atom stereocenters. The van der Waals surface area contributed by atoms with Crippen LogP contribution in [0, 0.1) is 11.8 Å². The molecule has 2 aliphatic rings. The van der Waals surface area contributed by atoms with Crippen LogP contribution < -0.4 is 10.3 Å². The second-order valence-corrected chi connectivity index (χ2v) is 10.2. The summed E-state index contributed by atoms with van der Waals surface area (Å²) in [6.45, 7) is 0. The van der Waals surface area contributed by atoms with Crippen LogP contribution in [0.2, 0.25) is 0 Å². The van der Waals surface area contributed by atoms with Crippen LogP contribution in [-0.2, 0) is 14.8 Å². The van der Waals surface area contributed by atoms with Gasteiger partial charge in [0.1, 0.15) is 18.2 Å². The maximum Gasteiger partial charge on any atom is 0.392 e. The lowest BCUT2D eigenvalue weighted by Gasteiger charge is -2.25. The van der Waals surface area contributed by atoms with Crippen molar-refractivity contribution in [2.45, 2.75) is 30.1 Å². The molecule has 1 fully saturated rings. The van der Waals surface area contributed by atoms with Crippen molar-refractivity contribution in [3.8, 4) is 0 Å². The number of ether oxygens (including phenoxy) is 1. The molecule has 0 bridgehead atoms. The summed E-state index contributed by atoms with van der Waals surface area (Å²) in [4.78, 5) is 12.7. The molecule has 3 atom stereocenters. The number of halogens is 4. The van der Waals surface area contributed by atoms with Crippen LogP contribution in [0.5, 0.6) is 0 Å². The van der Waals surface area contributed by atoms with Gasteiger partial charge in [0.25, 0.3) is 15.6 Å². The van der Waals surface area contributed by atoms with Gasteiger partial charge in [0.15, 0.2) is 5.82 Å². The Kier molecular flexibility index (Phi) is 5.69. The highest BCUT2D eigenvalue weighted by atomic mass is 32.2.